The van der Waals surface area contributed by atoms with Crippen LogP contribution in [0.25, 0.3) is 0 Å². The van der Waals surface area contributed by atoms with Crippen molar-refractivity contribution in [3.8, 4) is 17.2 Å². The highest BCUT2D eigenvalue weighted by atomic mass is 16.5. The normalized spacial score (nSPS) is 14.2. The molecule has 0 aliphatic carbocycles. The maximum absolute atomic E-state index is 12.7. The molecule has 1 aromatic heterocycles. The average Bonchev–Trinajstić information content (AvgIpc) is 2.78. The molecular weight excluding hydrogens is 374 g/mol. The number of benzene rings is 1. The van der Waals surface area contributed by atoms with Gasteiger partial charge in [-0.2, -0.15) is 0 Å². The van der Waals surface area contributed by atoms with Gasteiger partial charge in [0.25, 0.3) is 11.8 Å². The van der Waals surface area contributed by atoms with E-state index in [4.69, 9.17) is 14.2 Å². The number of hydrogen-bond acceptors (Lipinski definition) is 6. The highest BCUT2D eigenvalue weighted by Crippen LogP contribution is 2.38. The predicted molar refractivity (Wildman–Crippen MR) is 107 cm³/mol. The summed E-state index contributed by atoms with van der Waals surface area (Å²) in [5.41, 5.74) is 1.00. The van der Waals surface area contributed by atoms with Crippen molar-refractivity contribution < 1.29 is 23.8 Å². The number of nitrogens with one attached hydrogen (secondary N) is 1. The molecule has 0 saturated carbocycles. The van der Waals surface area contributed by atoms with E-state index in [1.165, 1.54) is 21.3 Å². The lowest BCUT2D eigenvalue weighted by Crippen LogP contribution is -2.46. The molecule has 2 aromatic rings. The number of carbonyl (C=O) groups is 2. The van der Waals surface area contributed by atoms with Crippen molar-refractivity contribution in [2.45, 2.75) is 18.9 Å². The molecule has 29 heavy (non-hydrogen) atoms. The Kier molecular flexibility index (Phi) is 6.54. The third-order valence-corrected chi connectivity index (χ3v) is 4.95. The number of methoxy groups -OCH3 is 3. The van der Waals surface area contributed by atoms with Crippen LogP contribution in [0, 0.1) is 0 Å². The topological polar surface area (TPSA) is 90.0 Å². The van der Waals surface area contributed by atoms with Gasteiger partial charge in [0.1, 0.15) is 0 Å². The minimum absolute atomic E-state index is 0.0143. The van der Waals surface area contributed by atoms with Gasteiger partial charge in [-0.1, -0.05) is 0 Å². The third-order valence-electron chi connectivity index (χ3n) is 4.95. The smallest absolute Gasteiger partial charge is 0.255 e. The lowest BCUT2D eigenvalue weighted by molar-refractivity contribution is 0.0697. The van der Waals surface area contributed by atoms with Gasteiger partial charge in [-0.3, -0.25) is 14.6 Å². The highest BCUT2D eigenvalue weighted by molar-refractivity contribution is 5.96. The molecule has 1 aromatic carbocycles. The molecule has 0 unspecified atom stereocenters. The lowest BCUT2D eigenvalue weighted by Gasteiger charge is -2.32. The van der Waals surface area contributed by atoms with Crippen LogP contribution in [0.4, 0.5) is 0 Å². The van der Waals surface area contributed by atoms with Crippen LogP contribution in [0.1, 0.15) is 33.6 Å². The maximum Gasteiger partial charge on any atom is 0.255 e. The molecule has 0 spiro atoms. The molecule has 1 aliphatic heterocycles. The monoisotopic (exact) mass is 399 g/mol. The summed E-state index contributed by atoms with van der Waals surface area (Å²) in [6, 6.07) is 6.74. The second-order valence-corrected chi connectivity index (χ2v) is 6.70. The van der Waals surface area contributed by atoms with E-state index >= 15 is 0 Å². The molecule has 154 valence electrons. The summed E-state index contributed by atoms with van der Waals surface area (Å²) >= 11 is 0. The van der Waals surface area contributed by atoms with Gasteiger partial charge in [0.2, 0.25) is 5.75 Å². The number of piperidine rings is 1. The van der Waals surface area contributed by atoms with E-state index in [0.717, 1.165) is 0 Å². The van der Waals surface area contributed by atoms with Gasteiger partial charge < -0.3 is 24.4 Å². The second-order valence-electron chi connectivity index (χ2n) is 6.70. The number of carbonyl (C=O) groups excluding carboxylic acids is 2. The number of nitrogens with zero attached hydrogens (tertiary/aromatic N) is 2. The van der Waals surface area contributed by atoms with Gasteiger partial charge in [0.15, 0.2) is 11.5 Å². The van der Waals surface area contributed by atoms with Gasteiger partial charge in [-0.15, -0.1) is 0 Å². The standard InChI is InChI=1S/C21H25N3O5/c1-27-17-11-15(12-18(28-2)19(17)29-3)20(25)23-16-6-9-24(10-7-16)21(26)14-5-4-8-22-13-14/h4-5,8,11-13,16H,6-7,9-10H2,1-3H3,(H,23,25). The quantitative estimate of drug-likeness (QED) is 0.801. The number of ether oxygens (including phenoxy) is 3. The Labute approximate surface area is 169 Å². The van der Waals surface area contributed by atoms with E-state index in [1.807, 2.05) is 0 Å². The number of aromatic nitrogens is 1. The van der Waals surface area contributed by atoms with Gasteiger partial charge in [0, 0.05) is 37.1 Å². The first-order valence-corrected chi connectivity index (χ1v) is 9.37. The molecule has 2 heterocycles. The van der Waals surface area contributed by atoms with Crippen LogP contribution in [0.15, 0.2) is 36.7 Å². The maximum atomic E-state index is 12.7. The third kappa shape index (κ3) is 4.59. The first-order chi connectivity index (χ1) is 14.1. The van der Waals surface area contributed by atoms with E-state index < -0.39 is 0 Å². The lowest BCUT2D eigenvalue weighted by atomic mass is 10.0. The Balaban J connectivity index is 1.62. The van der Waals surface area contributed by atoms with Crippen LogP contribution in [0.2, 0.25) is 0 Å². The summed E-state index contributed by atoms with van der Waals surface area (Å²) in [7, 11) is 4.53. The highest BCUT2D eigenvalue weighted by Gasteiger charge is 2.26. The van der Waals surface area contributed by atoms with Crippen LogP contribution in [0.3, 0.4) is 0 Å². The summed E-state index contributed by atoms with van der Waals surface area (Å²) in [5, 5.41) is 3.03. The largest absolute Gasteiger partial charge is 0.493 e. The van der Waals surface area contributed by atoms with Crippen molar-refractivity contribution in [3.63, 3.8) is 0 Å². The number of hydrogen-bond donors (Lipinski definition) is 1. The van der Waals surface area contributed by atoms with Gasteiger partial charge in [-0.25, -0.2) is 0 Å². The number of rotatable bonds is 6. The zero-order chi connectivity index (χ0) is 20.8. The number of likely N-dealkylation sites (tertiary alicyclic amines) is 1. The fourth-order valence-corrected chi connectivity index (χ4v) is 3.38. The molecule has 0 radical (unpaired) electrons. The summed E-state index contributed by atoms with van der Waals surface area (Å²) in [6.07, 6.45) is 4.58. The summed E-state index contributed by atoms with van der Waals surface area (Å²) in [4.78, 5) is 31.0. The molecule has 1 fully saturated rings. The SMILES string of the molecule is COc1cc(C(=O)NC2CCN(C(=O)c3cccnc3)CC2)cc(OC)c1OC. The Bertz CT molecular complexity index is 839. The summed E-state index contributed by atoms with van der Waals surface area (Å²) in [5.74, 6) is 1.03. The fraction of sp³-hybridized carbons (Fsp3) is 0.381. The van der Waals surface area contributed by atoms with E-state index in [1.54, 1.807) is 41.6 Å². The Morgan fingerprint density at radius 1 is 1.03 bits per heavy atom. The Morgan fingerprint density at radius 2 is 1.69 bits per heavy atom. The zero-order valence-electron chi connectivity index (χ0n) is 16.8. The first kappa shape index (κ1) is 20.4. The summed E-state index contributed by atoms with van der Waals surface area (Å²) in [6.45, 7) is 1.15. The van der Waals surface area contributed by atoms with Crippen molar-refractivity contribution >= 4 is 11.8 Å². The van der Waals surface area contributed by atoms with Crippen LogP contribution in [-0.4, -0.2) is 62.2 Å². The van der Waals surface area contributed by atoms with E-state index in [2.05, 4.69) is 10.3 Å². The second kappa shape index (κ2) is 9.27. The van der Waals surface area contributed by atoms with Crippen molar-refractivity contribution in [2.24, 2.45) is 0 Å². The van der Waals surface area contributed by atoms with Crippen molar-refractivity contribution in [2.75, 3.05) is 34.4 Å². The molecule has 8 nitrogen and oxygen atoms in total. The molecule has 0 atom stereocenters. The minimum Gasteiger partial charge on any atom is -0.493 e. The van der Waals surface area contributed by atoms with Crippen molar-refractivity contribution in [1.29, 1.82) is 0 Å². The van der Waals surface area contributed by atoms with Gasteiger partial charge in [0.05, 0.1) is 26.9 Å². The minimum atomic E-state index is -0.221. The molecule has 3 rings (SSSR count). The zero-order valence-corrected chi connectivity index (χ0v) is 16.8. The molecule has 0 bridgehead atoms. The van der Waals surface area contributed by atoms with Crippen molar-refractivity contribution in [1.82, 2.24) is 15.2 Å². The fourth-order valence-electron chi connectivity index (χ4n) is 3.38. The Morgan fingerprint density at radius 3 is 2.21 bits per heavy atom. The predicted octanol–water partition coefficient (Wildman–Crippen LogP) is 2.14. The number of pyridine rings is 1. The molecule has 8 heteroatoms. The Hall–Kier alpha value is -3.29. The molecular formula is C21H25N3O5. The van der Waals surface area contributed by atoms with Gasteiger partial charge >= 0.3 is 0 Å². The molecule has 2 amide bonds. The van der Waals surface area contributed by atoms with Crippen LogP contribution < -0.4 is 19.5 Å². The van der Waals surface area contributed by atoms with E-state index in [0.29, 0.717) is 54.3 Å². The number of amides is 2. The molecule has 1 saturated heterocycles. The average molecular weight is 399 g/mol. The van der Waals surface area contributed by atoms with Crippen LogP contribution in [-0.2, 0) is 0 Å². The van der Waals surface area contributed by atoms with Gasteiger partial charge in [-0.05, 0) is 37.1 Å². The molecule has 1 N–H and O–H groups in total. The van der Waals surface area contributed by atoms with Crippen molar-refractivity contribution in [3.05, 3.63) is 47.8 Å². The van der Waals surface area contributed by atoms with E-state index in [-0.39, 0.29) is 17.9 Å². The molecule has 1 aliphatic rings. The van der Waals surface area contributed by atoms with Crippen LogP contribution in [0.5, 0.6) is 17.2 Å². The first-order valence-electron chi connectivity index (χ1n) is 9.37. The van der Waals surface area contributed by atoms with E-state index in [9.17, 15) is 9.59 Å². The summed E-state index contributed by atoms with van der Waals surface area (Å²) < 4.78 is 15.9. The van der Waals surface area contributed by atoms with Crippen LogP contribution >= 0.6 is 0 Å².